The molecule has 1 N–H and O–H groups in total. The van der Waals surface area contributed by atoms with Crippen LogP contribution in [0, 0.1) is 0 Å². The number of rotatable bonds is 3. The SMILES string of the molecule is O=C(/C=C(\O)C(F)(F)C(F)(F)F)c1cccs1. The first-order chi connectivity index (χ1) is 7.66. The fourth-order valence-corrected chi connectivity index (χ4v) is 1.49. The van der Waals surface area contributed by atoms with Crippen LogP contribution in [0.3, 0.4) is 0 Å². The highest BCUT2D eigenvalue weighted by atomic mass is 32.1. The largest absolute Gasteiger partial charge is 0.506 e. The average molecular weight is 272 g/mol. The summed E-state index contributed by atoms with van der Waals surface area (Å²) in [5, 5.41) is 10.1. The van der Waals surface area contributed by atoms with Gasteiger partial charge in [-0.05, 0) is 11.4 Å². The highest BCUT2D eigenvalue weighted by Gasteiger charge is 2.61. The molecular weight excluding hydrogens is 267 g/mol. The molecule has 0 bridgehead atoms. The molecule has 0 aliphatic heterocycles. The maximum absolute atomic E-state index is 12.5. The van der Waals surface area contributed by atoms with E-state index in [-0.39, 0.29) is 11.0 Å². The van der Waals surface area contributed by atoms with Crippen LogP contribution in [0.25, 0.3) is 0 Å². The summed E-state index contributed by atoms with van der Waals surface area (Å²) in [4.78, 5) is 11.1. The highest BCUT2D eigenvalue weighted by Crippen LogP contribution is 2.40. The molecule has 94 valence electrons. The van der Waals surface area contributed by atoms with Crippen molar-refractivity contribution in [3.8, 4) is 0 Å². The Kier molecular flexibility index (Phi) is 3.56. The number of aliphatic hydroxyl groups is 1. The van der Waals surface area contributed by atoms with Crippen LogP contribution in [0.2, 0.25) is 0 Å². The third-order valence-electron chi connectivity index (χ3n) is 1.71. The molecule has 0 spiro atoms. The monoisotopic (exact) mass is 272 g/mol. The van der Waals surface area contributed by atoms with Crippen LogP contribution in [-0.2, 0) is 0 Å². The number of halogens is 5. The highest BCUT2D eigenvalue weighted by molar-refractivity contribution is 7.12. The maximum Gasteiger partial charge on any atom is 0.461 e. The van der Waals surface area contributed by atoms with Gasteiger partial charge in [0.15, 0.2) is 11.5 Å². The summed E-state index contributed by atoms with van der Waals surface area (Å²) in [5.74, 6) is -8.86. The molecule has 0 aliphatic rings. The first kappa shape index (κ1) is 13.6. The molecule has 0 amide bonds. The molecule has 0 aromatic carbocycles. The third-order valence-corrected chi connectivity index (χ3v) is 2.59. The van der Waals surface area contributed by atoms with Gasteiger partial charge in [0.25, 0.3) is 0 Å². The van der Waals surface area contributed by atoms with Gasteiger partial charge in [0.05, 0.1) is 4.88 Å². The fraction of sp³-hybridized carbons (Fsp3) is 0.222. The number of hydrogen-bond donors (Lipinski definition) is 1. The van der Waals surface area contributed by atoms with Gasteiger partial charge in [0, 0.05) is 6.08 Å². The standard InChI is InChI=1S/C9H5F5O2S/c10-8(11,9(12,13)14)7(16)4-5(15)6-2-1-3-17-6/h1-4,16H/b7-4-. The van der Waals surface area contributed by atoms with E-state index in [1.165, 1.54) is 17.5 Å². The van der Waals surface area contributed by atoms with Crippen LogP contribution in [0.15, 0.2) is 29.3 Å². The summed E-state index contributed by atoms with van der Waals surface area (Å²) in [6.45, 7) is 0. The molecule has 0 radical (unpaired) electrons. The van der Waals surface area contributed by atoms with Crippen molar-refractivity contribution in [2.24, 2.45) is 0 Å². The minimum atomic E-state index is -5.94. The molecule has 1 heterocycles. The van der Waals surface area contributed by atoms with Gasteiger partial charge in [-0.25, -0.2) is 0 Å². The van der Waals surface area contributed by atoms with Gasteiger partial charge in [-0.1, -0.05) is 6.07 Å². The number of aliphatic hydroxyl groups excluding tert-OH is 1. The number of ketones is 1. The van der Waals surface area contributed by atoms with Crippen molar-refractivity contribution >= 4 is 17.1 Å². The molecule has 0 unspecified atom stereocenters. The second-order valence-corrected chi connectivity index (χ2v) is 3.89. The zero-order valence-corrected chi connectivity index (χ0v) is 8.78. The lowest BCUT2D eigenvalue weighted by Gasteiger charge is -2.18. The predicted octanol–water partition coefficient (Wildman–Crippen LogP) is 3.57. The molecule has 17 heavy (non-hydrogen) atoms. The lowest BCUT2D eigenvalue weighted by atomic mass is 10.2. The van der Waals surface area contributed by atoms with Gasteiger partial charge < -0.3 is 5.11 Å². The molecule has 8 heteroatoms. The Labute approximate surface area is 96.0 Å². The van der Waals surface area contributed by atoms with Crippen molar-refractivity contribution in [2.45, 2.75) is 12.1 Å². The fourth-order valence-electron chi connectivity index (χ4n) is 0.850. The Morgan fingerprint density at radius 1 is 1.29 bits per heavy atom. The van der Waals surface area contributed by atoms with E-state index in [0.29, 0.717) is 0 Å². The minimum absolute atomic E-state index is 0.0467. The van der Waals surface area contributed by atoms with Gasteiger partial charge >= 0.3 is 12.1 Å². The smallest absolute Gasteiger partial charge is 0.461 e. The first-order valence-corrected chi connectivity index (χ1v) is 4.97. The number of thiophene rings is 1. The number of carbonyl (C=O) groups excluding carboxylic acids is 1. The average Bonchev–Trinajstić information content (AvgIpc) is 2.68. The third kappa shape index (κ3) is 2.82. The summed E-state index contributed by atoms with van der Waals surface area (Å²) in [5.41, 5.74) is 0. The molecule has 0 atom stereocenters. The van der Waals surface area contributed by atoms with Crippen molar-refractivity contribution in [2.75, 3.05) is 0 Å². The second kappa shape index (κ2) is 4.44. The Hall–Kier alpha value is -1.44. The quantitative estimate of drug-likeness (QED) is 0.395. The van der Waals surface area contributed by atoms with E-state index in [1.807, 2.05) is 0 Å². The molecular formula is C9H5F5O2S. The number of hydrogen-bond acceptors (Lipinski definition) is 3. The Bertz CT molecular complexity index is 433. The van der Waals surface area contributed by atoms with Crippen LogP contribution in [0.4, 0.5) is 22.0 Å². The topological polar surface area (TPSA) is 37.3 Å². The first-order valence-electron chi connectivity index (χ1n) is 4.10. The Balaban J connectivity index is 2.98. The molecule has 0 saturated heterocycles. The molecule has 1 rings (SSSR count). The van der Waals surface area contributed by atoms with Crippen LogP contribution in [0.1, 0.15) is 9.67 Å². The van der Waals surface area contributed by atoms with Crippen molar-refractivity contribution in [1.82, 2.24) is 0 Å². The van der Waals surface area contributed by atoms with Crippen LogP contribution < -0.4 is 0 Å². The number of allylic oxidation sites excluding steroid dienone is 2. The summed E-state index contributed by atoms with van der Waals surface area (Å²) in [7, 11) is 0. The van der Waals surface area contributed by atoms with E-state index in [1.54, 1.807) is 0 Å². The lowest BCUT2D eigenvalue weighted by Crippen LogP contribution is -2.38. The second-order valence-electron chi connectivity index (χ2n) is 2.94. The van der Waals surface area contributed by atoms with E-state index < -0.39 is 23.6 Å². The van der Waals surface area contributed by atoms with E-state index in [0.717, 1.165) is 11.3 Å². The predicted molar refractivity (Wildman–Crippen MR) is 50.4 cm³/mol. The normalized spacial score (nSPS) is 13.8. The number of alkyl halides is 5. The van der Waals surface area contributed by atoms with E-state index in [9.17, 15) is 26.7 Å². The minimum Gasteiger partial charge on any atom is -0.506 e. The van der Waals surface area contributed by atoms with Gasteiger partial charge in [0.1, 0.15) is 0 Å². The van der Waals surface area contributed by atoms with Crippen LogP contribution >= 0.6 is 11.3 Å². The van der Waals surface area contributed by atoms with E-state index in [4.69, 9.17) is 5.11 Å². The summed E-state index contributed by atoms with van der Waals surface area (Å²) < 4.78 is 60.5. The summed E-state index contributed by atoms with van der Waals surface area (Å²) in [6.07, 6.45) is -6.07. The number of carbonyl (C=O) groups is 1. The molecule has 1 aromatic rings. The Morgan fingerprint density at radius 2 is 1.88 bits per heavy atom. The van der Waals surface area contributed by atoms with Gasteiger partial charge in [-0.15, -0.1) is 11.3 Å². The van der Waals surface area contributed by atoms with Crippen molar-refractivity contribution in [3.05, 3.63) is 34.2 Å². The molecule has 0 fully saturated rings. The van der Waals surface area contributed by atoms with Crippen LogP contribution in [-0.4, -0.2) is 23.0 Å². The van der Waals surface area contributed by atoms with Crippen molar-refractivity contribution < 1.29 is 31.9 Å². The van der Waals surface area contributed by atoms with Gasteiger partial charge in [-0.2, -0.15) is 22.0 Å². The van der Waals surface area contributed by atoms with Crippen LogP contribution in [0.5, 0.6) is 0 Å². The lowest BCUT2D eigenvalue weighted by molar-refractivity contribution is -0.274. The zero-order chi connectivity index (χ0) is 13.3. The van der Waals surface area contributed by atoms with Crippen molar-refractivity contribution in [1.29, 1.82) is 0 Å². The van der Waals surface area contributed by atoms with E-state index >= 15 is 0 Å². The maximum atomic E-state index is 12.5. The van der Waals surface area contributed by atoms with Gasteiger partial charge in [0.2, 0.25) is 0 Å². The van der Waals surface area contributed by atoms with E-state index in [2.05, 4.69) is 0 Å². The van der Waals surface area contributed by atoms with Crippen molar-refractivity contribution in [3.63, 3.8) is 0 Å². The Morgan fingerprint density at radius 3 is 2.29 bits per heavy atom. The van der Waals surface area contributed by atoms with Gasteiger partial charge in [-0.3, -0.25) is 4.79 Å². The molecule has 1 aromatic heterocycles. The molecule has 0 saturated carbocycles. The summed E-state index contributed by atoms with van der Waals surface area (Å²) >= 11 is 0.860. The zero-order valence-electron chi connectivity index (χ0n) is 7.96. The molecule has 0 aliphatic carbocycles. The molecule has 2 nitrogen and oxygen atoms in total. The summed E-state index contributed by atoms with van der Waals surface area (Å²) in [6, 6.07) is 2.66.